The van der Waals surface area contributed by atoms with Crippen LogP contribution < -0.4 is 9.54 Å². The maximum atomic E-state index is 11.4. The molecule has 0 amide bonds. The molecule has 29 heavy (non-hydrogen) atoms. The zero-order chi connectivity index (χ0) is 20.2. The topological polar surface area (TPSA) is 78.9 Å². The molecule has 8 heteroatoms. The second-order valence-corrected chi connectivity index (χ2v) is 7.54. The van der Waals surface area contributed by atoms with Gasteiger partial charge in [0.1, 0.15) is 11.4 Å². The molecule has 150 valence electrons. The summed E-state index contributed by atoms with van der Waals surface area (Å²) in [6.45, 7) is 1.40. The summed E-state index contributed by atoms with van der Waals surface area (Å²) in [6.07, 6.45) is 2.12. The van der Waals surface area contributed by atoms with Gasteiger partial charge in [0.25, 0.3) is 5.69 Å². The molecular formula is C21H21N3O4S. The first-order valence-electron chi connectivity index (χ1n) is 9.39. The fourth-order valence-corrected chi connectivity index (χ4v) is 4.40. The van der Waals surface area contributed by atoms with Gasteiger partial charge in [0.15, 0.2) is 4.80 Å². The number of thiazole rings is 1. The number of nitro groups is 1. The molecule has 0 aliphatic carbocycles. The van der Waals surface area contributed by atoms with Gasteiger partial charge in [-0.25, -0.2) is 4.99 Å². The highest BCUT2D eigenvalue weighted by Gasteiger charge is 2.21. The number of nitrogens with zero attached hydrogens (tertiary/aromatic N) is 3. The predicted molar refractivity (Wildman–Crippen MR) is 112 cm³/mol. The van der Waals surface area contributed by atoms with Gasteiger partial charge in [0.05, 0.1) is 30.4 Å². The summed E-state index contributed by atoms with van der Waals surface area (Å²) in [7, 11) is 1.65. The third-order valence-corrected chi connectivity index (χ3v) is 5.75. The van der Waals surface area contributed by atoms with E-state index < -0.39 is 4.92 Å². The number of hydrogen-bond donors (Lipinski definition) is 0. The van der Waals surface area contributed by atoms with E-state index in [1.807, 2.05) is 29.6 Å². The minimum Gasteiger partial charge on any atom is -0.496 e. The lowest BCUT2D eigenvalue weighted by Crippen LogP contribution is -2.24. The SMILES string of the molecule is COc1ccccc1-c1csc(=Nc2ccccc2[N+](=O)[O-])n1CC1CCCO1. The maximum Gasteiger partial charge on any atom is 0.294 e. The summed E-state index contributed by atoms with van der Waals surface area (Å²) in [5, 5.41) is 13.4. The van der Waals surface area contributed by atoms with E-state index in [0.717, 1.165) is 36.5 Å². The summed E-state index contributed by atoms with van der Waals surface area (Å²) in [6, 6.07) is 14.3. The largest absolute Gasteiger partial charge is 0.496 e. The fourth-order valence-electron chi connectivity index (χ4n) is 3.48. The summed E-state index contributed by atoms with van der Waals surface area (Å²) < 4.78 is 13.5. The standard InChI is InChI=1S/C21H21N3O4S/c1-27-20-11-5-2-8-16(20)19-14-29-21(23(19)13-15-7-6-12-28-15)22-17-9-3-4-10-18(17)24(25)26/h2-5,8-11,14-15H,6-7,12-13H2,1H3. The molecule has 0 spiro atoms. The van der Waals surface area contributed by atoms with Crippen molar-refractivity contribution < 1.29 is 14.4 Å². The molecule has 1 saturated heterocycles. The Hall–Kier alpha value is -2.97. The van der Waals surface area contributed by atoms with Gasteiger partial charge in [0, 0.05) is 23.6 Å². The Balaban J connectivity index is 1.87. The molecule has 1 aliphatic heterocycles. The van der Waals surface area contributed by atoms with Gasteiger partial charge in [-0.05, 0) is 31.0 Å². The number of hydrogen-bond acceptors (Lipinski definition) is 6. The third kappa shape index (κ3) is 4.08. The Morgan fingerprint density at radius 1 is 1.28 bits per heavy atom. The Labute approximate surface area is 172 Å². The van der Waals surface area contributed by atoms with Crippen LogP contribution in [0.3, 0.4) is 0 Å². The molecule has 1 aromatic heterocycles. The van der Waals surface area contributed by atoms with Crippen LogP contribution in [0, 0.1) is 10.1 Å². The summed E-state index contributed by atoms with van der Waals surface area (Å²) in [5.41, 5.74) is 2.24. The lowest BCUT2D eigenvalue weighted by molar-refractivity contribution is -0.384. The van der Waals surface area contributed by atoms with Crippen molar-refractivity contribution in [3.63, 3.8) is 0 Å². The molecule has 1 fully saturated rings. The fraction of sp³-hybridized carbons (Fsp3) is 0.286. The van der Waals surface area contributed by atoms with Gasteiger partial charge in [-0.15, -0.1) is 11.3 Å². The van der Waals surface area contributed by atoms with E-state index in [1.54, 1.807) is 25.3 Å². The van der Waals surface area contributed by atoms with Crippen LogP contribution in [0.15, 0.2) is 58.9 Å². The molecule has 3 aromatic rings. The number of ether oxygens (including phenoxy) is 2. The Morgan fingerprint density at radius 2 is 2.07 bits per heavy atom. The summed E-state index contributed by atoms with van der Waals surface area (Å²) >= 11 is 1.45. The molecule has 2 heterocycles. The lowest BCUT2D eigenvalue weighted by atomic mass is 10.1. The van der Waals surface area contributed by atoms with E-state index in [4.69, 9.17) is 9.47 Å². The minimum atomic E-state index is -0.405. The van der Waals surface area contributed by atoms with Crippen molar-refractivity contribution in [2.45, 2.75) is 25.5 Å². The molecule has 0 radical (unpaired) electrons. The molecule has 1 unspecified atom stereocenters. The number of methoxy groups -OCH3 is 1. The smallest absolute Gasteiger partial charge is 0.294 e. The molecule has 4 rings (SSSR count). The third-order valence-electron chi connectivity index (χ3n) is 4.89. The lowest BCUT2D eigenvalue weighted by Gasteiger charge is -2.15. The highest BCUT2D eigenvalue weighted by molar-refractivity contribution is 7.07. The van der Waals surface area contributed by atoms with Crippen molar-refractivity contribution in [1.82, 2.24) is 4.57 Å². The molecule has 1 atom stereocenters. The zero-order valence-corrected chi connectivity index (χ0v) is 16.8. The molecule has 2 aromatic carbocycles. The van der Waals surface area contributed by atoms with Gasteiger partial charge >= 0.3 is 0 Å². The summed E-state index contributed by atoms with van der Waals surface area (Å²) in [4.78, 5) is 16.3. The van der Waals surface area contributed by atoms with Crippen LogP contribution in [0.4, 0.5) is 11.4 Å². The first kappa shape index (κ1) is 19.4. The van der Waals surface area contributed by atoms with Crippen LogP contribution in [-0.4, -0.2) is 29.3 Å². The molecule has 0 N–H and O–H groups in total. The van der Waals surface area contributed by atoms with Crippen LogP contribution in [0.1, 0.15) is 12.8 Å². The van der Waals surface area contributed by atoms with Crippen molar-refractivity contribution >= 4 is 22.7 Å². The van der Waals surface area contributed by atoms with E-state index >= 15 is 0 Å². The molecule has 7 nitrogen and oxygen atoms in total. The van der Waals surface area contributed by atoms with E-state index in [2.05, 4.69) is 9.56 Å². The van der Waals surface area contributed by atoms with Gasteiger partial charge in [-0.3, -0.25) is 10.1 Å². The van der Waals surface area contributed by atoms with Crippen LogP contribution in [0.25, 0.3) is 11.3 Å². The highest BCUT2D eigenvalue weighted by atomic mass is 32.1. The van der Waals surface area contributed by atoms with Crippen molar-refractivity contribution in [2.75, 3.05) is 13.7 Å². The van der Waals surface area contributed by atoms with Crippen molar-refractivity contribution in [2.24, 2.45) is 4.99 Å². The van der Waals surface area contributed by atoms with Crippen LogP contribution >= 0.6 is 11.3 Å². The van der Waals surface area contributed by atoms with Crippen LogP contribution in [0.5, 0.6) is 5.75 Å². The molecule has 0 saturated carbocycles. The van der Waals surface area contributed by atoms with Gasteiger partial charge in [-0.2, -0.15) is 0 Å². The minimum absolute atomic E-state index is 0.0107. The summed E-state index contributed by atoms with van der Waals surface area (Å²) in [5.74, 6) is 0.767. The number of benzene rings is 2. The van der Waals surface area contributed by atoms with Crippen LogP contribution in [-0.2, 0) is 11.3 Å². The van der Waals surface area contributed by atoms with E-state index in [1.165, 1.54) is 17.4 Å². The van der Waals surface area contributed by atoms with Gasteiger partial charge in [-0.1, -0.05) is 24.3 Å². The second-order valence-electron chi connectivity index (χ2n) is 6.71. The first-order valence-corrected chi connectivity index (χ1v) is 10.3. The number of aromatic nitrogens is 1. The van der Waals surface area contributed by atoms with Gasteiger partial charge < -0.3 is 14.0 Å². The number of nitro benzene ring substituents is 1. The second kappa shape index (κ2) is 8.59. The number of para-hydroxylation sites is 3. The van der Waals surface area contributed by atoms with Crippen LogP contribution in [0.2, 0.25) is 0 Å². The Bertz CT molecular complexity index is 1080. The molecule has 0 bridgehead atoms. The zero-order valence-electron chi connectivity index (χ0n) is 16.0. The maximum absolute atomic E-state index is 11.4. The first-order chi connectivity index (χ1) is 14.2. The van der Waals surface area contributed by atoms with Crippen molar-refractivity contribution in [1.29, 1.82) is 0 Å². The Kier molecular flexibility index (Phi) is 5.73. The Morgan fingerprint density at radius 3 is 2.83 bits per heavy atom. The number of rotatable bonds is 6. The van der Waals surface area contributed by atoms with Crippen molar-refractivity contribution in [3.8, 4) is 17.0 Å². The van der Waals surface area contributed by atoms with E-state index in [-0.39, 0.29) is 11.8 Å². The van der Waals surface area contributed by atoms with Gasteiger partial charge in [0.2, 0.25) is 0 Å². The van der Waals surface area contributed by atoms with E-state index in [0.29, 0.717) is 17.0 Å². The average Bonchev–Trinajstić information content (AvgIpc) is 3.39. The molecule has 1 aliphatic rings. The monoisotopic (exact) mass is 411 g/mol. The van der Waals surface area contributed by atoms with Crippen molar-refractivity contribution in [3.05, 3.63) is 68.8 Å². The molecular weight excluding hydrogens is 390 g/mol. The normalized spacial score (nSPS) is 16.9. The average molecular weight is 411 g/mol. The quantitative estimate of drug-likeness (QED) is 0.440. The predicted octanol–water partition coefficient (Wildman–Crippen LogP) is 4.54. The van der Waals surface area contributed by atoms with E-state index in [9.17, 15) is 10.1 Å². The highest BCUT2D eigenvalue weighted by Crippen LogP contribution is 2.31.